The van der Waals surface area contributed by atoms with Crippen LogP contribution in [0.15, 0.2) is 12.2 Å². The fraction of sp³-hybridized carbons (Fsp3) is 0.818. The van der Waals surface area contributed by atoms with Crippen LogP contribution in [-0.2, 0) is 18.7 Å². The van der Waals surface area contributed by atoms with E-state index in [4.69, 9.17) is 13.9 Å². The summed E-state index contributed by atoms with van der Waals surface area (Å²) in [6.45, 7) is 11.1. The summed E-state index contributed by atoms with van der Waals surface area (Å²) in [5.74, 6) is -0.0213. The lowest BCUT2D eigenvalue weighted by Crippen LogP contribution is -2.63. The molecular weight excluding hydrogens is 386 g/mol. The van der Waals surface area contributed by atoms with E-state index in [0.717, 1.165) is 31.0 Å². The molecule has 1 aliphatic carbocycles. The van der Waals surface area contributed by atoms with Gasteiger partial charge in [-0.1, -0.05) is 46.8 Å². The number of hydrogen-bond acceptors (Lipinski definition) is 5. The van der Waals surface area contributed by atoms with Crippen LogP contribution in [0.2, 0.25) is 18.1 Å². The van der Waals surface area contributed by atoms with Gasteiger partial charge in [-0.15, -0.1) is 0 Å². The Morgan fingerprint density at radius 1 is 1.24 bits per heavy atom. The molecule has 2 saturated heterocycles. The van der Waals surface area contributed by atoms with E-state index in [9.17, 15) is 9.59 Å². The maximum Gasteiger partial charge on any atom is 0.410 e. The predicted octanol–water partition coefficient (Wildman–Crippen LogP) is 3.91. The molecule has 1 saturated carbocycles. The zero-order chi connectivity index (χ0) is 21.0. The number of fused-ring (bicyclic) bond motifs is 1. The highest BCUT2D eigenvalue weighted by Crippen LogP contribution is 2.52. The lowest BCUT2D eigenvalue weighted by atomic mass is 9.81. The van der Waals surface area contributed by atoms with Crippen LogP contribution in [0.5, 0.6) is 0 Å². The average molecular weight is 422 g/mol. The molecule has 2 bridgehead atoms. The molecule has 6 atom stereocenters. The molecule has 0 aromatic heterocycles. The maximum atomic E-state index is 13.9. The SMILES string of the molecule is CC[Si](CC)(CC)O[C@@H]1CC[C@@]23C=C[C@@H](O2)[C@H](N2C(=O)OC[C@H]2C(C)C)C(=O)[C@@H]13. The van der Waals surface area contributed by atoms with E-state index < -0.39 is 26.1 Å². The first-order chi connectivity index (χ1) is 13.8. The largest absolute Gasteiger partial charge is 0.447 e. The van der Waals surface area contributed by atoms with E-state index in [-0.39, 0.29) is 35.9 Å². The maximum absolute atomic E-state index is 13.9. The van der Waals surface area contributed by atoms with Gasteiger partial charge in [0.25, 0.3) is 0 Å². The van der Waals surface area contributed by atoms with E-state index in [0.29, 0.717) is 6.61 Å². The van der Waals surface area contributed by atoms with Crippen LogP contribution in [0, 0.1) is 11.8 Å². The van der Waals surface area contributed by atoms with Gasteiger partial charge in [-0.2, -0.15) is 0 Å². The summed E-state index contributed by atoms with van der Waals surface area (Å²) in [6.07, 6.45) is 4.85. The highest BCUT2D eigenvalue weighted by molar-refractivity contribution is 6.73. The molecule has 3 aliphatic heterocycles. The number of ether oxygens (including phenoxy) is 2. The van der Waals surface area contributed by atoms with Crippen molar-refractivity contribution in [1.82, 2.24) is 4.90 Å². The van der Waals surface area contributed by atoms with Gasteiger partial charge < -0.3 is 13.9 Å². The molecule has 7 heteroatoms. The molecular formula is C22H35NO5Si. The average Bonchev–Trinajstić information content (AvgIpc) is 3.38. The third-order valence-corrected chi connectivity index (χ3v) is 12.6. The van der Waals surface area contributed by atoms with Crippen molar-refractivity contribution in [2.45, 2.75) is 95.5 Å². The second kappa shape index (κ2) is 7.50. The molecule has 1 spiro atoms. The minimum absolute atomic E-state index is 0.0993. The minimum Gasteiger partial charge on any atom is -0.447 e. The zero-order valence-corrected chi connectivity index (χ0v) is 19.3. The van der Waals surface area contributed by atoms with E-state index in [1.807, 2.05) is 6.08 Å². The number of cyclic esters (lactones) is 1. The van der Waals surface area contributed by atoms with Gasteiger partial charge in [0.1, 0.15) is 18.8 Å². The van der Waals surface area contributed by atoms with Crippen molar-refractivity contribution in [3.8, 4) is 0 Å². The number of rotatable bonds is 7. The fourth-order valence-electron chi connectivity index (χ4n) is 5.88. The Morgan fingerprint density at radius 3 is 2.55 bits per heavy atom. The molecule has 6 nitrogen and oxygen atoms in total. The smallest absolute Gasteiger partial charge is 0.410 e. The van der Waals surface area contributed by atoms with Crippen LogP contribution in [0.4, 0.5) is 4.79 Å². The second-order valence-electron chi connectivity index (χ2n) is 9.46. The summed E-state index contributed by atoms with van der Waals surface area (Å²) >= 11 is 0. The third kappa shape index (κ3) is 3.11. The number of carbonyl (C=O) groups excluding carboxylic acids is 2. The van der Waals surface area contributed by atoms with Gasteiger partial charge in [-0.3, -0.25) is 9.69 Å². The Labute approximate surface area is 175 Å². The molecule has 162 valence electrons. The van der Waals surface area contributed by atoms with E-state index >= 15 is 0 Å². The molecule has 29 heavy (non-hydrogen) atoms. The lowest BCUT2D eigenvalue weighted by Gasteiger charge is -2.45. The Balaban J connectivity index is 1.65. The van der Waals surface area contributed by atoms with Crippen molar-refractivity contribution >= 4 is 20.2 Å². The lowest BCUT2D eigenvalue weighted by molar-refractivity contribution is -0.164. The molecule has 3 heterocycles. The van der Waals surface area contributed by atoms with Crippen LogP contribution in [0.1, 0.15) is 47.5 Å². The van der Waals surface area contributed by atoms with Gasteiger partial charge >= 0.3 is 6.09 Å². The van der Waals surface area contributed by atoms with E-state index in [1.165, 1.54) is 0 Å². The number of ketones is 1. The van der Waals surface area contributed by atoms with Crippen molar-refractivity contribution in [2.24, 2.45) is 11.8 Å². The first kappa shape index (κ1) is 21.1. The van der Waals surface area contributed by atoms with Crippen molar-refractivity contribution in [3.05, 3.63) is 12.2 Å². The summed E-state index contributed by atoms with van der Waals surface area (Å²) < 4.78 is 18.6. The van der Waals surface area contributed by atoms with Crippen LogP contribution in [0.25, 0.3) is 0 Å². The fourth-order valence-corrected chi connectivity index (χ4v) is 8.77. The number of carbonyl (C=O) groups is 2. The van der Waals surface area contributed by atoms with Gasteiger partial charge in [0, 0.05) is 0 Å². The number of amides is 1. The Kier molecular flexibility index (Phi) is 5.45. The number of hydrogen-bond donors (Lipinski definition) is 0. The van der Waals surface area contributed by atoms with Crippen LogP contribution >= 0.6 is 0 Å². The van der Waals surface area contributed by atoms with Gasteiger partial charge in [0.05, 0.1) is 23.7 Å². The van der Waals surface area contributed by atoms with Crippen molar-refractivity contribution in [3.63, 3.8) is 0 Å². The Morgan fingerprint density at radius 2 is 1.93 bits per heavy atom. The number of nitrogens with zero attached hydrogens (tertiary/aromatic N) is 1. The van der Waals surface area contributed by atoms with Crippen molar-refractivity contribution in [1.29, 1.82) is 0 Å². The first-order valence-corrected chi connectivity index (χ1v) is 13.9. The molecule has 4 rings (SSSR count). The molecule has 0 aromatic rings. The molecule has 0 unspecified atom stereocenters. The highest BCUT2D eigenvalue weighted by Gasteiger charge is 2.64. The summed E-state index contributed by atoms with van der Waals surface area (Å²) in [6, 6.07) is 2.46. The highest BCUT2D eigenvalue weighted by atomic mass is 28.4. The quantitative estimate of drug-likeness (QED) is 0.461. The molecule has 0 radical (unpaired) electrons. The topological polar surface area (TPSA) is 65.1 Å². The molecule has 1 amide bonds. The molecule has 4 aliphatic rings. The van der Waals surface area contributed by atoms with Gasteiger partial charge in [-0.25, -0.2) is 4.79 Å². The van der Waals surface area contributed by atoms with E-state index in [1.54, 1.807) is 4.90 Å². The van der Waals surface area contributed by atoms with E-state index in [2.05, 4.69) is 40.7 Å². The van der Waals surface area contributed by atoms with Gasteiger partial charge in [-0.05, 0) is 36.9 Å². The van der Waals surface area contributed by atoms with Crippen LogP contribution in [0.3, 0.4) is 0 Å². The summed E-state index contributed by atoms with van der Waals surface area (Å²) in [5.41, 5.74) is -0.546. The standard InChI is InChI=1S/C22H35NO5Si/c1-6-29(7-2,8-3)28-16-9-11-22-12-10-17(27-22)19(20(24)18(16)22)23-15(14(4)5)13-26-21(23)25/h10,12,14-19H,6-9,11,13H2,1-5H3/t15-,16+,17+,18+,19-,22-/m0/s1. The normalized spacial score (nSPS) is 38.8. The second-order valence-corrected chi connectivity index (χ2v) is 14.2. The van der Waals surface area contributed by atoms with Crippen molar-refractivity contribution < 1.29 is 23.5 Å². The first-order valence-electron chi connectivity index (χ1n) is 11.3. The Hall–Kier alpha value is -1.18. The minimum atomic E-state index is -1.86. The predicted molar refractivity (Wildman–Crippen MR) is 112 cm³/mol. The molecule has 0 aromatic carbocycles. The summed E-state index contributed by atoms with van der Waals surface area (Å²) in [4.78, 5) is 28.2. The molecule has 3 fully saturated rings. The molecule has 0 N–H and O–H groups in total. The number of Topliss-reactive ketones (excluding diaryl/α,β-unsaturated/α-hetero) is 1. The van der Waals surface area contributed by atoms with Gasteiger partial charge in [0.15, 0.2) is 14.1 Å². The Bertz CT molecular complexity index is 697. The monoisotopic (exact) mass is 421 g/mol. The van der Waals surface area contributed by atoms with Crippen LogP contribution < -0.4 is 0 Å². The van der Waals surface area contributed by atoms with Crippen molar-refractivity contribution in [2.75, 3.05) is 6.61 Å². The van der Waals surface area contributed by atoms with Crippen LogP contribution in [-0.4, -0.2) is 61.6 Å². The van der Waals surface area contributed by atoms with Gasteiger partial charge in [0.2, 0.25) is 0 Å². The zero-order valence-electron chi connectivity index (χ0n) is 18.3. The summed E-state index contributed by atoms with van der Waals surface area (Å²) in [7, 11) is -1.86. The third-order valence-electron chi connectivity index (χ3n) is 7.90. The summed E-state index contributed by atoms with van der Waals surface area (Å²) in [5, 5.41) is 0.